The van der Waals surface area contributed by atoms with Crippen LogP contribution in [-0.4, -0.2) is 23.8 Å². The van der Waals surface area contributed by atoms with E-state index in [0.29, 0.717) is 0 Å². The van der Waals surface area contributed by atoms with Crippen molar-refractivity contribution in [2.75, 3.05) is 11.9 Å². The van der Waals surface area contributed by atoms with Crippen LogP contribution in [0.15, 0.2) is 53.9 Å². The van der Waals surface area contributed by atoms with Crippen molar-refractivity contribution in [3.05, 3.63) is 75.5 Å². The summed E-state index contributed by atoms with van der Waals surface area (Å²) in [4.78, 5) is 23.5. The lowest BCUT2D eigenvalue weighted by Gasteiger charge is -2.14. The number of aromatic carboxylic acids is 1. The van der Waals surface area contributed by atoms with Crippen LogP contribution in [-0.2, 0) is 4.74 Å². The van der Waals surface area contributed by atoms with E-state index in [0.717, 1.165) is 33.6 Å². The molecule has 0 fully saturated rings. The molecule has 2 N–H and O–H groups in total. The molecule has 1 aliphatic rings. The second-order valence-corrected chi connectivity index (χ2v) is 7.10. The van der Waals surface area contributed by atoms with Gasteiger partial charge in [0.2, 0.25) is 0 Å². The summed E-state index contributed by atoms with van der Waals surface area (Å²) >= 11 is 0.883. The molecular weight excluding hydrogens is 376 g/mol. The van der Waals surface area contributed by atoms with E-state index < -0.39 is 12.1 Å². The molecule has 28 heavy (non-hydrogen) atoms. The van der Waals surface area contributed by atoms with Crippen LogP contribution in [0, 0.1) is 11.3 Å². The molecule has 3 aromatic rings. The highest BCUT2D eigenvalue weighted by Crippen LogP contribution is 2.44. The molecule has 0 unspecified atom stereocenters. The molecule has 0 aliphatic heterocycles. The molecule has 0 saturated carbocycles. The highest BCUT2D eigenvalue weighted by molar-refractivity contribution is 7.12. The van der Waals surface area contributed by atoms with E-state index in [4.69, 9.17) is 10.00 Å². The Morgan fingerprint density at radius 2 is 1.71 bits per heavy atom. The van der Waals surface area contributed by atoms with Gasteiger partial charge in [0.05, 0.1) is 11.3 Å². The summed E-state index contributed by atoms with van der Waals surface area (Å²) in [5.74, 6) is -1.31. The van der Waals surface area contributed by atoms with Crippen LogP contribution in [0.25, 0.3) is 11.1 Å². The van der Waals surface area contributed by atoms with Crippen molar-refractivity contribution in [2.45, 2.75) is 5.92 Å². The molecule has 138 valence electrons. The smallest absolute Gasteiger partial charge is 0.411 e. The van der Waals surface area contributed by atoms with Crippen LogP contribution >= 0.6 is 11.3 Å². The summed E-state index contributed by atoms with van der Waals surface area (Å²) < 4.78 is 5.40. The Morgan fingerprint density at radius 1 is 1.11 bits per heavy atom. The molecule has 7 heteroatoms. The van der Waals surface area contributed by atoms with Gasteiger partial charge >= 0.3 is 12.1 Å². The first kappa shape index (κ1) is 17.8. The number of nitriles is 1. The fraction of sp³-hybridized carbons (Fsp3) is 0.0952. The molecular formula is C21H14N2O4S. The number of nitrogens with zero attached hydrogens (tertiary/aromatic N) is 1. The average molecular weight is 390 g/mol. The number of amides is 1. The Labute approximate surface area is 164 Å². The third kappa shape index (κ3) is 3.00. The number of thiophene rings is 1. The Kier molecular flexibility index (Phi) is 4.55. The van der Waals surface area contributed by atoms with Crippen LogP contribution in [0.2, 0.25) is 0 Å². The number of carboxylic acid groups (broad SMARTS) is 1. The first-order valence-corrected chi connectivity index (χ1v) is 9.35. The van der Waals surface area contributed by atoms with Crippen LogP contribution in [0.5, 0.6) is 0 Å². The minimum absolute atomic E-state index is 0.0303. The van der Waals surface area contributed by atoms with E-state index in [2.05, 4.69) is 5.32 Å². The molecule has 1 aliphatic carbocycles. The molecule has 1 amide bonds. The van der Waals surface area contributed by atoms with Gasteiger partial charge in [0.1, 0.15) is 17.6 Å². The lowest BCUT2D eigenvalue weighted by atomic mass is 9.98. The fourth-order valence-electron chi connectivity index (χ4n) is 3.46. The second kappa shape index (κ2) is 7.18. The first-order valence-electron chi connectivity index (χ1n) is 8.47. The maximum Gasteiger partial charge on any atom is 0.411 e. The first-order chi connectivity index (χ1) is 13.6. The van der Waals surface area contributed by atoms with Crippen molar-refractivity contribution >= 4 is 29.1 Å². The highest BCUT2D eigenvalue weighted by Gasteiger charge is 2.29. The maximum atomic E-state index is 12.3. The van der Waals surface area contributed by atoms with Crippen molar-refractivity contribution in [3.8, 4) is 17.2 Å². The lowest BCUT2D eigenvalue weighted by Crippen LogP contribution is -2.19. The van der Waals surface area contributed by atoms with Gasteiger partial charge in [-0.2, -0.15) is 5.26 Å². The van der Waals surface area contributed by atoms with E-state index in [9.17, 15) is 14.7 Å². The summed E-state index contributed by atoms with van der Waals surface area (Å²) in [6, 6.07) is 17.8. The van der Waals surface area contributed by atoms with Crippen LogP contribution < -0.4 is 5.32 Å². The number of carboxylic acids is 1. The minimum atomic E-state index is -1.21. The Bertz CT molecular complexity index is 1080. The topological polar surface area (TPSA) is 99.4 Å². The molecule has 0 radical (unpaired) electrons. The zero-order valence-electron chi connectivity index (χ0n) is 14.5. The SMILES string of the molecule is N#Cc1csc(C(=O)O)c1NC(=O)OCC1c2ccccc2-c2ccccc21. The molecule has 1 aromatic heterocycles. The van der Waals surface area contributed by atoms with E-state index in [1.807, 2.05) is 54.6 Å². The van der Waals surface area contributed by atoms with E-state index in [-0.39, 0.29) is 28.7 Å². The second-order valence-electron chi connectivity index (χ2n) is 6.22. The molecule has 0 saturated heterocycles. The standard InChI is InChI=1S/C21H14N2O4S/c22-9-12-11-28-19(20(24)25)18(12)23-21(26)27-10-17-15-7-3-1-5-13(15)14-6-2-4-8-16(14)17/h1-8,11,17H,10H2,(H,23,26)(H,24,25). The zero-order valence-corrected chi connectivity index (χ0v) is 15.3. The van der Waals surface area contributed by atoms with Gasteiger partial charge in [0.15, 0.2) is 0 Å². The maximum absolute atomic E-state index is 12.3. The van der Waals surface area contributed by atoms with Crippen molar-refractivity contribution in [2.24, 2.45) is 0 Å². The zero-order chi connectivity index (χ0) is 19.7. The number of nitrogens with one attached hydrogen (secondary N) is 1. The Balaban J connectivity index is 1.53. The van der Waals surface area contributed by atoms with Crippen molar-refractivity contribution in [3.63, 3.8) is 0 Å². The number of ether oxygens (including phenoxy) is 1. The summed E-state index contributed by atoms with van der Waals surface area (Å²) in [6.07, 6.45) is -0.792. The minimum Gasteiger partial charge on any atom is -0.477 e. The predicted molar refractivity (Wildman–Crippen MR) is 105 cm³/mol. The third-order valence-corrected chi connectivity index (χ3v) is 5.64. The number of rotatable bonds is 4. The highest BCUT2D eigenvalue weighted by atomic mass is 32.1. The number of hydrogen-bond acceptors (Lipinski definition) is 5. The van der Waals surface area contributed by atoms with Crippen molar-refractivity contribution in [1.29, 1.82) is 5.26 Å². The molecule has 2 aromatic carbocycles. The van der Waals surface area contributed by atoms with Gasteiger partial charge in [-0.1, -0.05) is 48.5 Å². The van der Waals surface area contributed by atoms with Crippen LogP contribution in [0.1, 0.15) is 32.3 Å². The van der Waals surface area contributed by atoms with Gasteiger partial charge in [-0.3, -0.25) is 5.32 Å². The quantitative estimate of drug-likeness (QED) is 0.674. The Morgan fingerprint density at radius 3 is 2.29 bits per heavy atom. The monoisotopic (exact) mass is 390 g/mol. The van der Waals surface area contributed by atoms with Crippen molar-refractivity contribution < 1.29 is 19.4 Å². The van der Waals surface area contributed by atoms with Crippen LogP contribution in [0.4, 0.5) is 10.5 Å². The number of hydrogen-bond donors (Lipinski definition) is 2. The lowest BCUT2D eigenvalue weighted by molar-refractivity contribution is 0.0703. The van der Waals surface area contributed by atoms with Gasteiger partial charge in [0, 0.05) is 11.3 Å². The molecule has 0 spiro atoms. The number of carbonyl (C=O) groups is 2. The number of anilines is 1. The summed E-state index contributed by atoms with van der Waals surface area (Å²) in [5, 5.41) is 22.1. The van der Waals surface area contributed by atoms with Gasteiger partial charge in [-0.15, -0.1) is 11.3 Å². The Hall–Kier alpha value is -3.63. The fourth-order valence-corrected chi connectivity index (χ4v) is 4.24. The molecule has 0 bridgehead atoms. The molecule has 6 nitrogen and oxygen atoms in total. The summed E-state index contributed by atoms with van der Waals surface area (Å²) in [5.41, 5.74) is 4.45. The van der Waals surface area contributed by atoms with E-state index in [1.165, 1.54) is 5.38 Å². The van der Waals surface area contributed by atoms with Gasteiger partial charge in [-0.25, -0.2) is 9.59 Å². The normalized spacial score (nSPS) is 12.0. The van der Waals surface area contributed by atoms with Gasteiger partial charge in [0.25, 0.3) is 0 Å². The average Bonchev–Trinajstić information content (AvgIpc) is 3.25. The van der Waals surface area contributed by atoms with Gasteiger partial charge < -0.3 is 9.84 Å². The van der Waals surface area contributed by atoms with E-state index in [1.54, 1.807) is 0 Å². The van der Waals surface area contributed by atoms with Gasteiger partial charge in [-0.05, 0) is 22.3 Å². The largest absolute Gasteiger partial charge is 0.477 e. The predicted octanol–water partition coefficient (Wildman–Crippen LogP) is 4.68. The molecule has 0 atom stereocenters. The molecule has 1 heterocycles. The number of benzene rings is 2. The molecule has 4 rings (SSSR count). The van der Waals surface area contributed by atoms with Crippen LogP contribution in [0.3, 0.4) is 0 Å². The third-order valence-electron chi connectivity index (χ3n) is 4.68. The van der Waals surface area contributed by atoms with E-state index >= 15 is 0 Å². The summed E-state index contributed by atoms with van der Waals surface area (Å²) in [7, 11) is 0. The van der Waals surface area contributed by atoms with Crippen molar-refractivity contribution in [1.82, 2.24) is 0 Å². The summed E-state index contributed by atoms with van der Waals surface area (Å²) in [6.45, 7) is 0.105. The number of carbonyl (C=O) groups excluding carboxylic acids is 1. The number of fused-ring (bicyclic) bond motifs is 3.